The van der Waals surface area contributed by atoms with Gasteiger partial charge < -0.3 is 10.5 Å². The molecule has 0 aliphatic heterocycles. The molecular formula is C19H35NO3. The molecule has 0 rings (SSSR count). The standard InChI is InChI=1S/C19H35NO3/c1-2-3-4-5-6-7-8-9-10-11-12-13-14-15-16-17-18(21)23-19(20)22/h9-10H,2-8,11-17H2,1H3,(H2,20,22). The molecule has 0 spiro atoms. The minimum atomic E-state index is -1.01. The highest BCUT2D eigenvalue weighted by Crippen LogP contribution is 2.10. The Bertz CT molecular complexity index is 327. The maximum absolute atomic E-state index is 11.1. The molecule has 4 heteroatoms. The van der Waals surface area contributed by atoms with Crippen molar-refractivity contribution in [3.63, 3.8) is 0 Å². The molecule has 0 fully saturated rings. The summed E-state index contributed by atoms with van der Waals surface area (Å²) in [5.74, 6) is -0.518. The van der Waals surface area contributed by atoms with E-state index >= 15 is 0 Å². The summed E-state index contributed by atoms with van der Waals surface area (Å²) in [5.41, 5.74) is 4.76. The number of hydrogen-bond acceptors (Lipinski definition) is 3. The molecule has 4 nitrogen and oxygen atoms in total. The Labute approximate surface area is 141 Å². The van der Waals surface area contributed by atoms with Gasteiger partial charge in [-0.1, -0.05) is 70.4 Å². The highest BCUT2D eigenvalue weighted by atomic mass is 16.6. The minimum Gasteiger partial charge on any atom is -0.376 e. The molecule has 0 aliphatic rings. The molecule has 134 valence electrons. The fourth-order valence-corrected chi connectivity index (χ4v) is 2.50. The maximum atomic E-state index is 11.1. The average Bonchev–Trinajstić information content (AvgIpc) is 2.50. The summed E-state index contributed by atoms with van der Waals surface area (Å²) in [5, 5.41) is 0. The third kappa shape index (κ3) is 18.6. The van der Waals surface area contributed by atoms with Crippen molar-refractivity contribution >= 4 is 12.1 Å². The van der Waals surface area contributed by atoms with Gasteiger partial charge in [0, 0.05) is 6.42 Å². The average molecular weight is 325 g/mol. The van der Waals surface area contributed by atoms with Crippen LogP contribution in [0.25, 0.3) is 0 Å². The summed E-state index contributed by atoms with van der Waals surface area (Å²) in [6.07, 6.45) is 19.7. The Morgan fingerprint density at radius 2 is 1.26 bits per heavy atom. The number of unbranched alkanes of at least 4 members (excludes halogenated alkanes) is 11. The fourth-order valence-electron chi connectivity index (χ4n) is 2.50. The molecule has 0 atom stereocenters. The fraction of sp³-hybridized carbons (Fsp3) is 0.789. The molecule has 2 N–H and O–H groups in total. The van der Waals surface area contributed by atoms with Gasteiger partial charge in [-0.3, -0.25) is 4.79 Å². The van der Waals surface area contributed by atoms with Crippen LogP contribution in [0.5, 0.6) is 0 Å². The number of primary amides is 1. The lowest BCUT2D eigenvalue weighted by molar-refractivity contribution is -0.137. The zero-order chi connectivity index (χ0) is 17.2. The lowest BCUT2D eigenvalue weighted by Gasteiger charge is -2.00. The Hall–Kier alpha value is -1.32. The summed E-state index contributed by atoms with van der Waals surface area (Å²) in [7, 11) is 0. The smallest absolute Gasteiger partial charge is 0.376 e. The van der Waals surface area contributed by atoms with Crippen molar-refractivity contribution in [1.82, 2.24) is 0 Å². The van der Waals surface area contributed by atoms with E-state index < -0.39 is 12.1 Å². The van der Waals surface area contributed by atoms with Crippen molar-refractivity contribution < 1.29 is 14.3 Å². The van der Waals surface area contributed by atoms with Crippen LogP contribution in [0.2, 0.25) is 0 Å². The van der Waals surface area contributed by atoms with Crippen molar-refractivity contribution in [2.45, 2.75) is 96.8 Å². The second-order valence-electron chi connectivity index (χ2n) is 6.13. The SMILES string of the molecule is CCCCCCCCC=CCCCCCCCC(=O)OC(N)=O. The third-order valence-corrected chi connectivity index (χ3v) is 3.86. The number of allylic oxidation sites excluding steroid dienone is 2. The Kier molecular flexibility index (Phi) is 16.1. The first kappa shape index (κ1) is 21.7. The van der Waals surface area contributed by atoms with Gasteiger partial charge in [-0.25, -0.2) is 4.79 Å². The van der Waals surface area contributed by atoms with Crippen LogP contribution in [0.4, 0.5) is 4.79 Å². The van der Waals surface area contributed by atoms with Crippen LogP contribution < -0.4 is 5.73 Å². The van der Waals surface area contributed by atoms with E-state index in [0.717, 1.165) is 25.7 Å². The second-order valence-corrected chi connectivity index (χ2v) is 6.13. The molecule has 0 aromatic heterocycles. The van der Waals surface area contributed by atoms with E-state index in [0.29, 0.717) is 0 Å². The Morgan fingerprint density at radius 3 is 1.78 bits per heavy atom. The van der Waals surface area contributed by atoms with Gasteiger partial charge >= 0.3 is 12.1 Å². The van der Waals surface area contributed by atoms with Gasteiger partial charge in [-0.05, 0) is 32.1 Å². The van der Waals surface area contributed by atoms with Crippen molar-refractivity contribution in [2.75, 3.05) is 0 Å². The molecule has 0 bridgehead atoms. The molecule has 0 aromatic rings. The van der Waals surface area contributed by atoms with Gasteiger partial charge in [-0.15, -0.1) is 0 Å². The number of hydrogen-bond donors (Lipinski definition) is 1. The van der Waals surface area contributed by atoms with Gasteiger partial charge in [0.1, 0.15) is 0 Å². The number of esters is 1. The lowest BCUT2D eigenvalue weighted by atomic mass is 10.1. The number of carbonyl (C=O) groups excluding carboxylic acids is 2. The van der Waals surface area contributed by atoms with Crippen LogP contribution >= 0.6 is 0 Å². The zero-order valence-electron chi connectivity index (χ0n) is 14.9. The first-order valence-corrected chi connectivity index (χ1v) is 9.32. The third-order valence-electron chi connectivity index (χ3n) is 3.86. The molecule has 23 heavy (non-hydrogen) atoms. The van der Waals surface area contributed by atoms with Gasteiger partial charge in [0.2, 0.25) is 0 Å². The monoisotopic (exact) mass is 325 g/mol. The van der Waals surface area contributed by atoms with Crippen LogP contribution in [-0.2, 0) is 9.53 Å². The molecule has 0 saturated carbocycles. The van der Waals surface area contributed by atoms with E-state index in [-0.39, 0.29) is 6.42 Å². The molecule has 0 aliphatic carbocycles. The normalized spacial score (nSPS) is 11.0. The summed E-state index contributed by atoms with van der Waals surface area (Å²) in [4.78, 5) is 21.4. The maximum Gasteiger partial charge on any atom is 0.412 e. The molecule has 0 unspecified atom stereocenters. The Morgan fingerprint density at radius 1 is 0.783 bits per heavy atom. The number of ether oxygens (including phenoxy) is 1. The van der Waals surface area contributed by atoms with Crippen LogP contribution in [0, 0.1) is 0 Å². The topological polar surface area (TPSA) is 69.4 Å². The Balaban J connectivity index is 3.19. The number of carbonyl (C=O) groups is 2. The first-order valence-electron chi connectivity index (χ1n) is 9.32. The number of amides is 1. The minimum absolute atomic E-state index is 0.279. The van der Waals surface area contributed by atoms with E-state index in [1.807, 2.05) is 0 Å². The largest absolute Gasteiger partial charge is 0.412 e. The summed E-state index contributed by atoms with van der Waals surface area (Å²) < 4.78 is 4.26. The molecule has 0 radical (unpaired) electrons. The summed E-state index contributed by atoms with van der Waals surface area (Å²) in [6, 6.07) is 0. The zero-order valence-corrected chi connectivity index (χ0v) is 14.9. The highest BCUT2D eigenvalue weighted by molar-refractivity contribution is 5.83. The highest BCUT2D eigenvalue weighted by Gasteiger charge is 2.05. The lowest BCUT2D eigenvalue weighted by Crippen LogP contribution is -2.18. The van der Waals surface area contributed by atoms with E-state index in [1.54, 1.807) is 0 Å². The number of nitrogens with two attached hydrogens (primary N) is 1. The van der Waals surface area contributed by atoms with Crippen LogP contribution in [0.1, 0.15) is 96.8 Å². The predicted molar refractivity (Wildman–Crippen MR) is 95.1 cm³/mol. The van der Waals surface area contributed by atoms with Crippen molar-refractivity contribution in [2.24, 2.45) is 5.73 Å². The molecule has 0 heterocycles. The van der Waals surface area contributed by atoms with Crippen LogP contribution in [0.3, 0.4) is 0 Å². The van der Waals surface area contributed by atoms with E-state index in [1.165, 1.54) is 57.8 Å². The van der Waals surface area contributed by atoms with Crippen molar-refractivity contribution in [3.05, 3.63) is 12.2 Å². The molecular weight excluding hydrogens is 290 g/mol. The quantitative estimate of drug-likeness (QED) is 0.183. The van der Waals surface area contributed by atoms with Gasteiger partial charge in [-0.2, -0.15) is 0 Å². The second kappa shape index (κ2) is 17.0. The van der Waals surface area contributed by atoms with Gasteiger partial charge in [0.15, 0.2) is 0 Å². The summed E-state index contributed by atoms with van der Waals surface area (Å²) in [6.45, 7) is 2.25. The predicted octanol–water partition coefficient (Wildman–Crippen LogP) is 5.65. The molecule has 1 amide bonds. The first-order chi connectivity index (χ1) is 11.2. The van der Waals surface area contributed by atoms with Crippen LogP contribution in [0.15, 0.2) is 12.2 Å². The van der Waals surface area contributed by atoms with E-state index in [2.05, 4.69) is 23.8 Å². The van der Waals surface area contributed by atoms with E-state index in [9.17, 15) is 9.59 Å². The van der Waals surface area contributed by atoms with E-state index in [4.69, 9.17) is 5.73 Å². The summed E-state index contributed by atoms with van der Waals surface area (Å²) >= 11 is 0. The molecule has 0 aromatic carbocycles. The van der Waals surface area contributed by atoms with Crippen LogP contribution in [-0.4, -0.2) is 12.1 Å². The van der Waals surface area contributed by atoms with Gasteiger partial charge in [0.25, 0.3) is 0 Å². The van der Waals surface area contributed by atoms with Crippen molar-refractivity contribution in [3.8, 4) is 0 Å². The van der Waals surface area contributed by atoms with Gasteiger partial charge in [0.05, 0.1) is 0 Å². The number of rotatable bonds is 15. The van der Waals surface area contributed by atoms with Crippen molar-refractivity contribution in [1.29, 1.82) is 0 Å². The molecule has 0 saturated heterocycles.